The SMILES string of the molecule is CN=C(N)NCCCN1CCCC1. The van der Waals surface area contributed by atoms with E-state index in [2.05, 4.69) is 15.2 Å². The van der Waals surface area contributed by atoms with Gasteiger partial charge in [-0.3, -0.25) is 4.99 Å². The van der Waals surface area contributed by atoms with Gasteiger partial charge in [0.05, 0.1) is 0 Å². The topological polar surface area (TPSA) is 53.6 Å². The third-order valence-electron chi connectivity index (χ3n) is 2.40. The molecular weight excluding hydrogens is 164 g/mol. The van der Waals surface area contributed by atoms with E-state index in [9.17, 15) is 0 Å². The lowest BCUT2D eigenvalue weighted by atomic mass is 10.4. The molecule has 0 radical (unpaired) electrons. The number of nitrogens with two attached hydrogens (primary N) is 1. The molecule has 0 saturated carbocycles. The van der Waals surface area contributed by atoms with E-state index in [1.54, 1.807) is 7.05 Å². The second kappa shape index (κ2) is 5.80. The fraction of sp³-hybridized carbons (Fsp3) is 0.889. The lowest BCUT2D eigenvalue weighted by Crippen LogP contribution is -2.33. The molecular formula is C9H20N4. The van der Waals surface area contributed by atoms with Crippen molar-refractivity contribution >= 4 is 5.96 Å². The van der Waals surface area contributed by atoms with Crippen LogP contribution in [0.3, 0.4) is 0 Å². The minimum Gasteiger partial charge on any atom is -0.370 e. The predicted octanol–water partition coefficient (Wildman–Crippen LogP) is 0.00640. The molecule has 0 aromatic rings. The molecule has 0 aliphatic carbocycles. The molecule has 0 aromatic heterocycles. The normalized spacial score (nSPS) is 19.3. The largest absolute Gasteiger partial charge is 0.370 e. The van der Waals surface area contributed by atoms with Gasteiger partial charge in [-0.15, -0.1) is 0 Å². The summed E-state index contributed by atoms with van der Waals surface area (Å²) in [6.45, 7) is 4.67. The summed E-state index contributed by atoms with van der Waals surface area (Å²) < 4.78 is 0. The molecule has 0 bridgehead atoms. The second-order valence-corrected chi connectivity index (χ2v) is 3.44. The highest BCUT2D eigenvalue weighted by Crippen LogP contribution is 2.06. The van der Waals surface area contributed by atoms with Gasteiger partial charge in [0.15, 0.2) is 5.96 Å². The summed E-state index contributed by atoms with van der Waals surface area (Å²) in [7, 11) is 1.70. The van der Waals surface area contributed by atoms with Crippen molar-refractivity contribution < 1.29 is 0 Å². The van der Waals surface area contributed by atoms with E-state index in [-0.39, 0.29) is 0 Å². The van der Waals surface area contributed by atoms with E-state index >= 15 is 0 Å². The van der Waals surface area contributed by atoms with Crippen molar-refractivity contribution in [1.29, 1.82) is 0 Å². The van der Waals surface area contributed by atoms with Crippen LogP contribution < -0.4 is 11.1 Å². The van der Waals surface area contributed by atoms with Crippen molar-refractivity contribution in [3.8, 4) is 0 Å². The predicted molar refractivity (Wildman–Crippen MR) is 55.8 cm³/mol. The molecule has 1 fully saturated rings. The molecule has 3 N–H and O–H groups in total. The number of guanidine groups is 1. The Balaban J connectivity index is 1.94. The number of nitrogens with one attached hydrogen (secondary N) is 1. The van der Waals surface area contributed by atoms with E-state index in [0.717, 1.165) is 13.0 Å². The summed E-state index contributed by atoms with van der Waals surface area (Å²) in [6.07, 6.45) is 3.88. The zero-order chi connectivity index (χ0) is 9.52. The Labute approximate surface area is 80.2 Å². The van der Waals surface area contributed by atoms with Crippen LogP contribution in [0.1, 0.15) is 19.3 Å². The Morgan fingerprint density at radius 2 is 2.15 bits per heavy atom. The molecule has 0 unspecified atom stereocenters. The molecule has 0 amide bonds. The van der Waals surface area contributed by atoms with Gasteiger partial charge in [0, 0.05) is 13.6 Å². The maximum atomic E-state index is 5.49. The Hall–Kier alpha value is -0.770. The third-order valence-corrected chi connectivity index (χ3v) is 2.40. The fourth-order valence-corrected chi connectivity index (χ4v) is 1.60. The number of hydrogen-bond donors (Lipinski definition) is 2. The van der Waals surface area contributed by atoms with Gasteiger partial charge in [0.2, 0.25) is 0 Å². The highest BCUT2D eigenvalue weighted by atomic mass is 15.1. The molecule has 0 aromatic carbocycles. The first kappa shape index (κ1) is 10.3. The summed E-state index contributed by atoms with van der Waals surface area (Å²) in [5.41, 5.74) is 5.49. The molecule has 1 rings (SSSR count). The summed E-state index contributed by atoms with van der Waals surface area (Å²) >= 11 is 0. The molecule has 76 valence electrons. The van der Waals surface area contributed by atoms with Gasteiger partial charge in [-0.25, -0.2) is 0 Å². The van der Waals surface area contributed by atoms with Gasteiger partial charge in [0.1, 0.15) is 0 Å². The van der Waals surface area contributed by atoms with Crippen LogP contribution in [0.5, 0.6) is 0 Å². The Morgan fingerprint density at radius 1 is 1.46 bits per heavy atom. The van der Waals surface area contributed by atoms with Crippen LogP contribution in [-0.2, 0) is 0 Å². The van der Waals surface area contributed by atoms with E-state index in [0.29, 0.717) is 5.96 Å². The van der Waals surface area contributed by atoms with E-state index in [1.807, 2.05) is 0 Å². The molecule has 0 atom stereocenters. The van der Waals surface area contributed by atoms with Gasteiger partial charge < -0.3 is 16.0 Å². The lowest BCUT2D eigenvalue weighted by Gasteiger charge is -2.14. The number of likely N-dealkylation sites (tertiary alicyclic amines) is 1. The van der Waals surface area contributed by atoms with E-state index in [4.69, 9.17) is 5.73 Å². The standard InChI is InChI=1S/C9H20N4/c1-11-9(10)12-5-4-8-13-6-2-3-7-13/h2-8H2,1H3,(H3,10,11,12). The molecule has 13 heavy (non-hydrogen) atoms. The van der Waals surface area contributed by atoms with E-state index < -0.39 is 0 Å². The second-order valence-electron chi connectivity index (χ2n) is 3.44. The summed E-state index contributed by atoms with van der Waals surface area (Å²) in [5.74, 6) is 0.543. The van der Waals surface area contributed by atoms with E-state index in [1.165, 1.54) is 32.5 Å². The van der Waals surface area contributed by atoms with Crippen molar-refractivity contribution in [2.45, 2.75) is 19.3 Å². The zero-order valence-electron chi connectivity index (χ0n) is 8.42. The number of rotatable bonds is 4. The maximum Gasteiger partial charge on any atom is 0.188 e. The molecule has 4 nitrogen and oxygen atoms in total. The Bertz CT molecular complexity index is 161. The number of hydrogen-bond acceptors (Lipinski definition) is 2. The van der Waals surface area contributed by atoms with Crippen LogP contribution in [-0.4, -0.2) is 44.1 Å². The Kier molecular flexibility index (Phi) is 4.60. The van der Waals surface area contributed by atoms with Crippen molar-refractivity contribution in [3.63, 3.8) is 0 Å². The molecule has 1 heterocycles. The molecule has 0 spiro atoms. The van der Waals surface area contributed by atoms with Gasteiger partial charge in [-0.1, -0.05) is 0 Å². The van der Waals surface area contributed by atoms with Crippen LogP contribution in [0.15, 0.2) is 4.99 Å². The van der Waals surface area contributed by atoms with Gasteiger partial charge >= 0.3 is 0 Å². The van der Waals surface area contributed by atoms with Crippen LogP contribution in [0, 0.1) is 0 Å². The first-order valence-corrected chi connectivity index (χ1v) is 5.01. The molecule has 4 heteroatoms. The van der Waals surface area contributed by atoms with Crippen molar-refractivity contribution in [2.24, 2.45) is 10.7 Å². The third kappa shape index (κ3) is 4.12. The highest BCUT2D eigenvalue weighted by Gasteiger charge is 2.09. The first-order chi connectivity index (χ1) is 6.33. The lowest BCUT2D eigenvalue weighted by molar-refractivity contribution is 0.334. The summed E-state index contributed by atoms with van der Waals surface area (Å²) in [4.78, 5) is 6.33. The summed E-state index contributed by atoms with van der Waals surface area (Å²) in [6, 6.07) is 0. The first-order valence-electron chi connectivity index (χ1n) is 5.01. The van der Waals surface area contributed by atoms with Gasteiger partial charge in [0.25, 0.3) is 0 Å². The molecule has 1 aliphatic rings. The monoisotopic (exact) mass is 184 g/mol. The van der Waals surface area contributed by atoms with Crippen molar-refractivity contribution in [1.82, 2.24) is 10.2 Å². The van der Waals surface area contributed by atoms with Crippen LogP contribution in [0.25, 0.3) is 0 Å². The van der Waals surface area contributed by atoms with Crippen LogP contribution in [0.4, 0.5) is 0 Å². The molecule has 1 aliphatic heterocycles. The minimum absolute atomic E-state index is 0.543. The number of nitrogens with zero attached hydrogens (tertiary/aromatic N) is 2. The van der Waals surface area contributed by atoms with Gasteiger partial charge in [-0.05, 0) is 38.9 Å². The maximum absolute atomic E-state index is 5.49. The zero-order valence-corrected chi connectivity index (χ0v) is 8.42. The minimum atomic E-state index is 0.543. The average Bonchev–Trinajstić information content (AvgIpc) is 2.64. The smallest absolute Gasteiger partial charge is 0.188 e. The van der Waals surface area contributed by atoms with Crippen LogP contribution >= 0.6 is 0 Å². The van der Waals surface area contributed by atoms with Gasteiger partial charge in [-0.2, -0.15) is 0 Å². The Morgan fingerprint density at radius 3 is 2.77 bits per heavy atom. The molecule has 1 saturated heterocycles. The number of aliphatic imine (C=N–C) groups is 1. The van der Waals surface area contributed by atoms with Crippen LogP contribution in [0.2, 0.25) is 0 Å². The summed E-state index contributed by atoms with van der Waals surface area (Å²) in [5, 5.41) is 3.06. The van der Waals surface area contributed by atoms with Crippen molar-refractivity contribution in [3.05, 3.63) is 0 Å². The fourth-order valence-electron chi connectivity index (χ4n) is 1.60. The quantitative estimate of drug-likeness (QED) is 0.367. The highest BCUT2D eigenvalue weighted by molar-refractivity contribution is 5.77. The average molecular weight is 184 g/mol. The van der Waals surface area contributed by atoms with Crippen molar-refractivity contribution in [2.75, 3.05) is 33.2 Å².